The van der Waals surface area contributed by atoms with Crippen LogP contribution < -0.4 is 14.8 Å². The van der Waals surface area contributed by atoms with Crippen molar-refractivity contribution >= 4 is 11.9 Å². The average Bonchev–Trinajstić information content (AvgIpc) is 2.61. The highest BCUT2D eigenvalue weighted by molar-refractivity contribution is 5.92. The normalized spacial score (nSPS) is 17.9. The molecular weight excluding hydrogens is 322 g/mol. The fraction of sp³-hybridized carbons (Fsp3) is 0.579. The molecule has 1 fully saturated rings. The number of ether oxygens (including phenoxy) is 3. The Hall–Kier alpha value is -2.24. The van der Waals surface area contributed by atoms with Crippen LogP contribution in [0.5, 0.6) is 11.5 Å². The molecule has 0 bridgehead atoms. The Morgan fingerprint density at radius 1 is 1.00 bits per heavy atom. The Morgan fingerprint density at radius 2 is 1.68 bits per heavy atom. The summed E-state index contributed by atoms with van der Waals surface area (Å²) in [6.07, 6.45) is 8.03. The second kappa shape index (κ2) is 8.74. The maximum absolute atomic E-state index is 12.1. The molecule has 136 valence electrons. The highest BCUT2D eigenvalue weighted by atomic mass is 16.6. The Labute approximate surface area is 147 Å². The first kappa shape index (κ1) is 17.6. The van der Waals surface area contributed by atoms with Gasteiger partial charge in [-0.1, -0.05) is 32.1 Å². The number of fused-ring (bicyclic) bond motifs is 1. The topological polar surface area (TPSA) is 73.9 Å². The van der Waals surface area contributed by atoms with Gasteiger partial charge in [0.25, 0.3) is 5.91 Å². The van der Waals surface area contributed by atoms with Crippen LogP contribution >= 0.6 is 0 Å². The molecule has 1 aromatic carbocycles. The summed E-state index contributed by atoms with van der Waals surface area (Å²) < 4.78 is 16.0. The van der Waals surface area contributed by atoms with E-state index in [1.54, 1.807) is 18.2 Å². The molecule has 1 amide bonds. The summed E-state index contributed by atoms with van der Waals surface area (Å²) in [6.45, 7) is 0.692. The number of hydrogen-bond donors (Lipinski definition) is 1. The fourth-order valence-corrected chi connectivity index (χ4v) is 3.25. The van der Waals surface area contributed by atoms with Crippen LogP contribution in [-0.4, -0.2) is 37.7 Å². The lowest BCUT2D eigenvalue weighted by Gasteiger charge is -2.21. The quantitative estimate of drug-likeness (QED) is 0.848. The minimum atomic E-state index is -0.537. The molecule has 1 heterocycles. The Balaban J connectivity index is 1.47. The molecule has 0 unspecified atom stereocenters. The largest absolute Gasteiger partial charge is 0.486 e. The van der Waals surface area contributed by atoms with E-state index in [0.29, 0.717) is 30.3 Å². The Kier molecular flexibility index (Phi) is 6.14. The van der Waals surface area contributed by atoms with Crippen LogP contribution in [0.25, 0.3) is 0 Å². The van der Waals surface area contributed by atoms with Gasteiger partial charge in [-0.2, -0.15) is 0 Å². The van der Waals surface area contributed by atoms with Gasteiger partial charge in [-0.15, -0.1) is 0 Å². The summed E-state index contributed by atoms with van der Waals surface area (Å²) in [5.41, 5.74) is 0.350. The first-order valence-electron chi connectivity index (χ1n) is 9.08. The predicted octanol–water partition coefficient (Wildman–Crippen LogP) is 2.84. The van der Waals surface area contributed by atoms with E-state index in [1.165, 1.54) is 19.3 Å². The zero-order chi connectivity index (χ0) is 17.5. The van der Waals surface area contributed by atoms with Crippen molar-refractivity contribution in [3.8, 4) is 11.5 Å². The minimum Gasteiger partial charge on any atom is -0.486 e. The van der Waals surface area contributed by atoms with Crippen molar-refractivity contribution in [1.29, 1.82) is 0 Å². The maximum Gasteiger partial charge on any atom is 0.338 e. The van der Waals surface area contributed by atoms with Crippen LogP contribution in [0.1, 0.15) is 55.3 Å². The zero-order valence-electron chi connectivity index (χ0n) is 14.4. The Morgan fingerprint density at radius 3 is 2.44 bits per heavy atom. The van der Waals surface area contributed by atoms with Gasteiger partial charge in [0.05, 0.1) is 5.56 Å². The number of carbonyl (C=O) groups is 2. The second-order valence-corrected chi connectivity index (χ2v) is 6.54. The van der Waals surface area contributed by atoms with Gasteiger partial charge in [0.15, 0.2) is 18.1 Å². The number of rotatable bonds is 4. The number of hydrogen-bond acceptors (Lipinski definition) is 5. The van der Waals surface area contributed by atoms with E-state index in [-0.39, 0.29) is 18.6 Å². The second-order valence-electron chi connectivity index (χ2n) is 6.54. The number of esters is 1. The van der Waals surface area contributed by atoms with Crippen molar-refractivity contribution in [1.82, 2.24) is 5.32 Å². The molecule has 25 heavy (non-hydrogen) atoms. The third-order valence-corrected chi connectivity index (χ3v) is 4.58. The maximum atomic E-state index is 12.1. The number of benzene rings is 1. The van der Waals surface area contributed by atoms with Gasteiger partial charge in [-0.05, 0) is 31.0 Å². The monoisotopic (exact) mass is 347 g/mol. The van der Waals surface area contributed by atoms with Crippen LogP contribution in [0.4, 0.5) is 0 Å². The van der Waals surface area contributed by atoms with Gasteiger partial charge in [0.1, 0.15) is 13.2 Å². The van der Waals surface area contributed by atoms with Crippen molar-refractivity contribution < 1.29 is 23.8 Å². The molecule has 0 radical (unpaired) electrons. The van der Waals surface area contributed by atoms with E-state index in [4.69, 9.17) is 14.2 Å². The molecule has 0 atom stereocenters. The van der Waals surface area contributed by atoms with Crippen molar-refractivity contribution in [3.05, 3.63) is 23.8 Å². The van der Waals surface area contributed by atoms with Crippen LogP contribution in [0, 0.1) is 0 Å². The molecule has 0 aromatic heterocycles. The first-order chi connectivity index (χ1) is 12.2. The van der Waals surface area contributed by atoms with Crippen molar-refractivity contribution in [2.45, 2.75) is 51.0 Å². The third-order valence-electron chi connectivity index (χ3n) is 4.58. The van der Waals surface area contributed by atoms with Crippen LogP contribution in [-0.2, 0) is 9.53 Å². The summed E-state index contributed by atoms with van der Waals surface area (Å²) in [7, 11) is 0. The molecule has 2 aliphatic rings. The van der Waals surface area contributed by atoms with Gasteiger partial charge in [-0.3, -0.25) is 4.79 Å². The molecule has 1 aliphatic carbocycles. The predicted molar refractivity (Wildman–Crippen MR) is 92.0 cm³/mol. The molecule has 6 nitrogen and oxygen atoms in total. The standard InChI is InChI=1S/C19H25NO5/c21-18(20-15-6-4-2-1-3-5-7-15)13-25-19(22)14-8-9-16-17(12-14)24-11-10-23-16/h8-9,12,15H,1-7,10-11,13H2,(H,20,21). The molecule has 1 aliphatic heterocycles. The highest BCUT2D eigenvalue weighted by Crippen LogP contribution is 2.30. The average molecular weight is 347 g/mol. The van der Waals surface area contributed by atoms with E-state index >= 15 is 0 Å². The zero-order valence-corrected chi connectivity index (χ0v) is 14.4. The van der Waals surface area contributed by atoms with Gasteiger partial charge >= 0.3 is 5.97 Å². The van der Waals surface area contributed by atoms with Gasteiger partial charge in [0.2, 0.25) is 0 Å². The number of nitrogens with one attached hydrogen (secondary N) is 1. The molecule has 1 N–H and O–H groups in total. The molecule has 6 heteroatoms. The summed E-state index contributed by atoms with van der Waals surface area (Å²) in [5.74, 6) is 0.366. The molecule has 1 aromatic rings. The fourth-order valence-electron chi connectivity index (χ4n) is 3.25. The molecular formula is C19H25NO5. The van der Waals surface area contributed by atoms with E-state index < -0.39 is 5.97 Å². The summed E-state index contributed by atoms with van der Waals surface area (Å²) in [4.78, 5) is 24.2. The van der Waals surface area contributed by atoms with E-state index in [9.17, 15) is 9.59 Å². The Bertz CT molecular complexity index is 608. The van der Waals surface area contributed by atoms with E-state index in [2.05, 4.69) is 5.32 Å². The molecule has 1 saturated carbocycles. The van der Waals surface area contributed by atoms with E-state index in [1.807, 2.05) is 0 Å². The summed E-state index contributed by atoms with van der Waals surface area (Å²) in [5, 5.41) is 2.98. The summed E-state index contributed by atoms with van der Waals surface area (Å²) in [6, 6.07) is 5.08. The third kappa shape index (κ3) is 5.11. The van der Waals surface area contributed by atoms with E-state index in [0.717, 1.165) is 25.7 Å². The van der Waals surface area contributed by atoms with Crippen LogP contribution in [0.15, 0.2) is 18.2 Å². The van der Waals surface area contributed by atoms with Crippen molar-refractivity contribution in [2.24, 2.45) is 0 Å². The number of carbonyl (C=O) groups excluding carboxylic acids is 2. The smallest absolute Gasteiger partial charge is 0.338 e. The van der Waals surface area contributed by atoms with Crippen molar-refractivity contribution in [2.75, 3.05) is 19.8 Å². The molecule has 0 saturated heterocycles. The highest BCUT2D eigenvalue weighted by Gasteiger charge is 2.18. The van der Waals surface area contributed by atoms with Crippen LogP contribution in [0.3, 0.4) is 0 Å². The first-order valence-corrected chi connectivity index (χ1v) is 9.08. The summed E-state index contributed by atoms with van der Waals surface area (Å²) >= 11 is 0. The molecule has 0 spiro atoms. The van der Waals surface area contributed by atoms with Crippen molar-refractivity contribution in [3.63, 3.8) is 0 Å². The molecule has 3 rings (SSSR count). The van der Waals surface area contributed by atoms with Gasteiger partial charge < -0.3 is 19.5 Å². The van der Waals surface area contributed by atoms with Gasteiger partial charge in [-0.25, -0.2) is 4.79 Å². The van der Waals surface area contributed by atoms with Gasteiger partial charge in [0, 0.05) is 6.04 Å². The lowest BCUT2D eigenvalue weighted by atomic mass is 9.97. The lowest BCUT2D eigenvalue weighted by molar-refractivity contribution is -0.125. The lowest BCUT2D eigenvalue weighted by Crippen LogP contribution is -2.38. The number of amides is 1. The SMILES string of the molecule is O=C(COC(=O)c1ccc2c(c1)OCCO2)NC1CCCCCCC1. The minimum absolute atomic E-state index is 0.195. The van der Waals surface area contributed by atoms with Crippen LogP contribution in [0.2, 0.25) is 0 Å².